The number of benzene rings is 1. The van der Waals surface area contributed by atoms with Crippen LogP contribution in [0.2, 0.25) is 0 Å². The molecule has 6 rings (SSSR count). The number of aromatic nitrogens is 6. The van der Waals surface area contributed by atoms with Gasteiger partial charge >= 0.3 is 5.97 Å². The second-order valence-corrected chi connectivity index (χ2v) is 8.74. The third kappa shape index (κ3) is 4.32. The lowest BCUT2D eigenvalue weighted by atomic mass is 10.0. The first-order valence-electron chi connectivity index (χ1n) is 11.8. The largest absolute Gasteiger partial charge is 0.457 e. The van der Waals surface area contributed by atoms with E-state index in [-0.39, 0.29) is 6.10 Å². The molecule has 0 aliphatic carbocycles. The molecular weight excluding hydrogens is 454 g/mol. The number of ether oxygens (including phenoxy) is 1. The van der Waals surface area contributed by atoms with Crippen LogP contribution in [0.3, 0.4) is 0 Å². The molecule has 1 saturated heterocycles. The Hall–Kier alpha value is -4.50. The Bertz CT molecular complexity index is 1560. The Morgan fingerprint density at radius 2 is 1.86 bits per heavy atom. The van der Waals surface area contributed by atoms with Crippen LogP contribution in [-0.4, -0.2) is 55.1 Å². The van der Waals surface area contributed by atoms with Crippen LogP contribution < -0.4 is 5.32 Å². The first-order valence-corrected chi connectivity index (χ1v) is 11.8. The van der Waals surface area contributed by atoms with Gasteiger partial charge in [-0.05, 0) is 50.2 Å². The molecule has 4 aromatic heterocycles. The average Bonchev–Trinajstić information content (AvgIpc) is 3.61. The maximum Gasteiger partial charge on any atom is 0.341 e. The van der Waals surface area contributed by atoms with Crippen molar-refractivity contribution in [1.29, 1.82) is 0 Å². The van der Waals surface area contributed by atoms with Gasteiger partial charge in [-0.25, -0.2) is 19.7 Å². The first kappa shape index (κ1) is 22.0. The van der Waals surface area contributed by atoms with Crippen molar-refractivity contribution < 1.29 is 9.53 Å². The van der Waals surface area contributed by atoms with Crippen LogP contribution >= 0.6 is 0 Å². The minimum atomic E-state index is -0.408. The molecule has 2 N–H and O–H groups in total. The van der Waals surface area contributed by atoms with E-state index in [1.165, 1.54) is 12.4 Å². The highest BCUT2D eigenvalue weighted by Crippen LogP contribution is 2.31. The average molecular weight is 478 g/mol. The number of pyridine rings is 2. The number of nitrogens with one attached hydrogen (secondary N) is 2. The quantitative estimate of drug-likeness (QED) is 0.365. The lowest BCUT2D eigenvalue weighted by Crippen LogP contribution is -2.21. The van der Waals surface area contributed by atoms with Crippen molar-refractivity contribution in [2.75, 3.05) is 13.1 Å². The van der Waals surface area contributed by atoms with E-state index in [1.807, 2.05) is 49.4 Å². The Morgan fingerprint density at radius 3 is 2.67 bits per heavy atom. The van der Waals surface area contributed by atoms with Crippen molar-refractivity contribution in [2.24, 2.45) is 0 Å². The molecule has 0 unspecified atom stereocenters. The van der Waals surface area contributed by atoms with E-state index < -0.39 is 5.97 Å². The van der Waals surface area contributed by atoms with Crippen LogP contribution in [0.4, 0.5) is 0 Å². The second kappa shape index (κ2) is 9.27. The Balaban J connectivity index is 1.29. The molecule has 9 nitrogen and oxygen atoms in total. The summed E-state index contributed by atoms with van der Waals surface area (Å²) in [6.45, 7) is 3.50. The number of carbonyl (C=O) groups excluding carboxylic acids is 1. The number of carbonyl (C=O) groups is 1. The number of hydrogen-bond acceptors (Lipinski definition) is 8. The number of rotatable bonds is 5. The lowest BCUT2D eigenvalue weighted by molar-refractivity contribution is 0.0343. The predicted molar refractivity (Wildman–Crippen MR) is 135 cm³/mol. The topological polar surface area (TPSA) is 119 Å². The molecule has 5 aromatic rings. The molecule has 178 valence electrons. The van der Waals surface area contributed by atoms with E-state index in [0.29, 0.717) is 17.9 Å². The zero-order valence-corrected chi connectivity index (χ0v) is 19.6. The van der Waals surface area contributed by atoms with Gasteiger partial charge < -0.3 is 15.0 Å². The molecular formula is C27H23N7O2. The van der Waals surface area contributed by atoms with Gasteiger partial charge in [0.15, 0.2) is 5.82 Å². The Kier molecular flexibility index (Phi) is 5.67. The molecule has 36 heavy (non-hydrogen) atoms. The number of aryl methyl sites for hydroxylation is 1. The van der Waals surface area contributed by atoms with Crippen LogP contribution in [0.15, 0.2) is 67.4 Å². The van der Waals surface area contributed by atoms with Gasteiger partial charge in [0.1, 0.15) is 6.10 Å². The van der Waals surface area contributed by atoms with Gasteiger partial charge in [0.05, 0.1) is 34.5 Å². The van der Waals surface area contributed by atoms with Crippen molar-refractivity contribution in [3.8, 4) is 34.0 Å². The highest BCUT2D eigenvalue weighted by molar-refractivity contribution is 5.90. The van der Waals surface area contributed by atoms with Crippen LogP contribution in [0.25, 0.3) is 44.9 Å². The van der Waals surface area contributed by atoms with E-state index in [2.05, 4.69) is 35.2 Å². The number of hydrogen-bond donors (Lipinski definition) is 2. The molecule has 5 heterocycles. The van der Waals surface area contributed by atoms with Crippen molar-refractivity contribution in [3.05, 3.63) is 78.6 Å². The normalized spacial score (nSPS) is 15.3. The van der Waals surface area contributed by atoms with Crippen molar-refractivity contribution >= 4 is 16.9 Å². The number of imidazole rings is 1. The fourth-order valence-electron chi connectivity index (χ4n) is 4.32. The Labute approximate surface area is 207 Å². The van der Waals surface area contributed by atoms with Gasteiger partial charge in [-0.3, -0.25) is 9.97 Å². The summed E-state index contributed by atoms with van der Waals surface area (Å²) in [5.41, 5.74) is 6.33. The summed E-state index contributed by atoms with van der Waals surface area (Å²) in [5, 5.41) is 4.10. The third-order valence-corrected chi connectivity index (χ3v) is 6.17. The minimum Gasteiger partial charge on any atom is -0.457 e. The summed E-state index contributed by atoms with van der Waals surface area (Å²) in [4.78, 5) is 38.1. The smallest absolute Gasteiger partial charge is 0.341 e. The summed E-state index contributed by atoms with van der Waals surface area (Å²) < 4.78 is 5.49. The van der Waals surface area contributed by atoms with Crippen molar-refractivity contribution in [3.63, 3.8) is 0 Å². The minimum absolute atomic E-state index is 0.104. The third-order valence-electron chi connectivity index (χ3n) is 6.17. The summed E-state index contributed by atoms with van der Waals surface area (Å²) in [6, 6.07) is 13.9. The Morgan fingerprint density at radius 1 is 1.00 bits per heavy atom. The monoisotopic (exact) mass is 477 g/mol. The summed E-state index contributed by atoms with van der Waals surface area (Å²) in [6.07, 6.45) is 7.12. The molecule has 0 saturated carbocycles. The van der Waals surface area contributed by atoms with E-state index in [1.54, 1.807) is 12.5 Å². The SMILES string of the molecule is Cc1cccc(-c2[nH]cnc2-c2ccc3ncc(-c4ncc(C(=O)O[C@@H]5CCNC5)cn4)cc3c2)n1. The molecule has 0 radical (unpaired) electrons. The standard InChI is InChI=1S/C27H23N7O2/c1-16-3-2-4-23(34-16)25-24(32-15-33-25)17-5-6-22-18(9-17)10-19(11-29-22)26-30-12-20(13-31-26)27(35)36-21-7-8-28-14-21/h2-6,9-13,15,21,28H,7-8,14H2,1H3,(H,32,33)/t21-/m1/s1. The van der Waals surface area contributed by atoms with Crippen LogP contribution in [0.1, 0.15) is 22.5 Å². The van der Waals surface area contributed by atoms with Crippen LogP contribution in [0.5, 0.6) is 0 Å². The van der Waals surface area contributed by atoms with Crippen molar-refractivity contribution in [1.82, 2.24) is 35.2 Å². The number of fused-ring (bicyclic) bond motifs is 1. The van der Waals surface area contributed by atoms with Crippen LogP contribution in [-0.2, 0) is 4.74 Å². The number of esters is 1. The van der Waals surface area contributed by atoms with Gasteiger partial charge in [-0.15, -0.1) is 0 Å². The number of nitrogens with zero attached hydrogens (tertiary/aromatic N) is 5. The summed E-state index contributed by atoms with van der Waals surface area (Å²) in [5.74, 6) is 0.0766. The van der Waals surface area contributed by atoms with Gasteiger partial charge in [-0.1, -0.05) is 12.1 Å². The van der Waals surface area contributed by atoms with E-state index in [9.17, 15) is 4.79 Å². The van der Waals surface area contributed by atoms with Crippen molar-refractivity contribution in [2.45, 2.75) is 19.4 Å². The number of H-pyrrole nitrogens is 1. The fourth-order valence-corrected chi connectivity index (χ4v) is 4.32. The zero-order valence-electron chi connectivity index (χ0n) is 19.6. The molecule has 1 fully saturated rings. The highest BCUT2D eigenvalue weighted by atomic mass is 16.5. The van der Waals surface area contributed by atoms with Crippen LogP contribution in [0, 0.1) is 6.92 Å². The molecule has 1 aliphatic rings. The van der Waals surface area contributed by atoms with E-state index in [0.717, 1.165) is 57.8 Å². The lowest BCUT2D eigenvalue weighted by Gasteiger charge is -2.10. The molecule has 1 atom stereocenters. The molecule has 1 aromatic carbocycles. The molecule has 0 bridgehead atoms. The second-order valence-electron chi connectivity index (χ2n) is 8.74. The zero-order chi connectivity index (χ0) is 24.5. The molecule has 0 amide bonds. The summed E-state index contributed by atoms with van der Waals surface area (Å²) >= 11 is 0. The highest BCUT2D eigenvalue weighted by Gasteiger charge is 2.20. The molecule has 9 heteroatoms. The van der Waals surface area contributed by atoms with Gasteiger partial charge in [-0.2, -0.15) is 0 Å². The first-order chi connectivity index (χ1) is 17.6. The summed E-state index contributed by atoms with van der Waals surface area (Å²) in [7, 11) is 0. The van der Waals surface area contributed by atoms with E-state index in [4.69, 9.17) is 4.74 Å². The fraction of sp³-hybridized carbons (Fsp3) is 0.185. The molecule has 0 spiro atoms. The van der Waals surface area contributed by atoms with Gasteiger partial charge in [0.25, 0.3) is 0 Å². The number of aromatic amines is 1. The maximum atomic E-state index is 12.4. The maximum absolute atomic E-state index is 12.4. The molecule has 1 aliphatic heterocycles. The van der Waals surface area contributed by atoms with E-state index >= 15 is 0 Å². The predicted octanol–water partition coefficient (Wildman–Crippen LogP) is 3.97. The van der Waals surface area contributed by atoms with Gasteiger partial charge in [0, 0.05) is 47.3 Å². The van der Waals surface area contributed by atoms with Gasteiger partial charge in [0.2, 0.25) is 0 Å².